The van der Waals surface area contributed by atoms with Gasteiger partial charge >= 0.3 is 8.56 Å². The molecule has 6 nitrogen and oxygen atoms in total. The molecule has 0 radical (unpaired) electrons. The maximum atomic E-state index is 11.0. The van der Waals surface area contributed by atoms with E-state index in [-0.39, 0.29) is 0 Å². The lowest BCUT2D eigenvalue weighted by atomic mass is 10.2. The van der Waals surface area contributed by atoms with Crippen molar-refractivity contribution in [3.63, 3.8) is 0 Å². The van der Waals surface area contributed by atoms with Gasteiger partial charge in [-0.25, -0.2) is 0 Å². The van der Waals surface area contributed by atoms with Crippen LogP contribution in [0.2, 0.25) is 38.8 Å². The largest absolute Gasteiger partial charge is 0.433 e. The maximum absolute atomic E-state index is 11.0. The van der Waals surface area contributed by atoms with Crippen LogP contribution in [0.4, 0.5) is 0 Å². The first-order valence-electron chi connectivity index (χ1n) is 9.74. The van der Waals surface area contributed by atoms with E-state index in [2.05, 4.69) is 36.5 Å². The molecule has 2 aromatic rings. The molecular formula is C18H31N3O3Si4. The van der Waals surface area contributed by atoms with Gasteiger partial charge in [0.2, 0.25) is 7.35 Å². The summed E-state index contributed by atoms with van der Waals surface area (Å²) in [5.74, 6) is 0. The fourth-order valence-corrected chi connectivity index (χ4v) is 47.1. The first-order chi connectivity index (χ1) is 13.0. The summed E-state index contributed by atoms with van der Waals surface area (Å²) >= 11 is 0. The first-order valence-corrected chi connectivity index (χ1v) is 22.1. The summed E-state index contributed by atoms with van der Waals surface area (Å²) in [6.07, 6.45) is 2.87. The third-order valence-corrected chi connectivity index (χ3v) is 46.3. The molecule has 1 aromatic heterocycles. The Bertz CT molecular complexity index is 840. The molecule has 10 heteroatoms. The number of nitrogens with zero attached hydrogens (tertiary/aromatic N) is 3. The van der Waals surface area contributed by atoms with E-state index in [1.165, 1.54) is 0 Å². The second kappa shape index (κ2) is 7.59. The second-order valence-electron chi connectivity index (χ2n) is 8.66. The molecule has 0 aliphatic carbocycles. The van der Waals surface area contributed by atoms with Crippen LogP contribution in [-0.4, -0.2) is 51.4 Å². The molecule has 1 aliphatic rings. The van der Waals surface area contributed by atoms with Crippen molar-refractivity contribution in [1.29, 1.82) is 0 Å². The summed E-state index contributed by atoms with van der Waals surface area (Å²) in [6.45, 7) is 15.4. The fourth-order valence-electron chi connectivity index (χ4n) is 3.80. The molecule has 1 aliphatic heterocycles. The highest BCUT2D eigenvalue weighted by Crippen LogP contribution is 2.42. The van der Waals surface area contributed by atoms with Crippen LogP contribution in [0.3, 0.4) is 0 Å². The predicted octanol–water partition coefficient (Wildman–Crippen LogP) is 3.68. The van der Waals surface area contributed by atoms with Crippen LogP contribution >= 0.6 is 0 Å². The Hall–Kier alpha value is -1.15. The molecule has 1 saturated heterocycles. The van der Waals surface area contributed by atoms with Crippen molar-refractivity contribution in [2.45, 2.75) is 51.7 Å². The first kappa shape index (κ1) is 21.6. The van der Waals surface area contributed by atoms with E-state index in [4.69, 9.17) is 8.23 Å². The Morgan fingerprint density at radius 2 is 1.86 bits per heavy atom. The topological polar surface area (TPSA) is 69.4 Å². The Kier molecular flexibility index (Phi) is 5.84. The van der Waals surface area contributed by atoms with E-state index < -0.39 is 31.6 Å². The quantitative estimate of drug-likeness (QED) is 0.653. The highest BCUT2D eigenvalue weighted by atomic mass is 29.7. The van der Waals surface area contributed by atoms with E-state index in [1.807, 2.05) is 60.0 Å². The van der Waals surface area contributed by atoms with Crippen molar-refractivity contribution < 1.29 is 13.0 Å². The second-order valence-corrected chi connectivity index (χ2v) is 35.5. The molecule has 3 rings (SSSR count). The van der Waals surface area contributed by atoms with E-state index in [1.54, 1.807) is 0 Å². The molecule has 0 saturated carbocycles. The number of hydrogen-bond donors (Lipinski definition) is 1. The molecule has 1 N–H and O–H groups in total. The summed E-state index contributed by atoms with van der Waals surface area (Å²) in [4.78, 5) is 11.0. The van der Waals surface area contributed by atoms with Crippen LogP contribution in [0.1, 0.15) is 6.42 Å². The maximum Gasteiger partial charge on any atom is 0.343 e. The van der Waals surface area contributed by atoms with Gasteiger partial charge in [0, 0.05) is 12.1 Å². The molecule has 2 unspecified atom stereocenters. The summed E-state index contributed by atoms with van der Waals surface area (Å²) in [5.41, 5.74) is 3.88. The van der Waals surface area contributed by atoms with Gasteiger partial charge < -0.3 is 13.0 Å². The molecule has 0 spiro atoms. The van der Waals surface area contributed by atoms with Crippen molar-refractivity contribution in [3.8, 4) is 11.3 Å². The third kappa shape index (κ3) is 3.95. The summed E-state index contributed by atoms with van der Waals surface area (Å²) in [6, 6.07) is 10.9. The zero-order valence-electron chi connectivity index (χ0n) is 17.5. The Balaban J connectivity index is 1.67. The molecule has 2 heterocycles. The Morgan fingerprint density at radius 1 is 1.18 bits per heavy atom. The molecule has 1 fully saturated rings. The van der Waals surface area contributed by atoms with Crippen LogP contribution in [0.25, 0.3) is 11.3 Å². The van der Waals surface area contributed by atoms with Crippen LogP contribution in [0, 0.1) is 0 Å². The number of aryl methyl sites for hydroxylation is 1. The molecule has 1 aromatic carbocycles. The van der Waals surface area contributed by atoms with Crippen molar-refractivity contribution in [1.82, 2.24) is 15.0 Å². The standard InChI is InChI=1S/C18H31N3O3Si4/c1-7-28(23-26(4,5)27(6,24-28)25(2,3)22)15-11-14-21-16-18(19-20-21)17-12-9-8-10-13-17/h7-10,12-13,16,22H,1,11,14-15H2,2-6H3. The minimum Gasteiger partial charge on any atom is -0.433 e. The lowest BCUT2D eigenvalue weighted by Crippen LogP contribution is -2.71. The van der Waals surface area contributed by atoms with Crippen LogP contribution in [-0.2, 0) is 14.8 Å². The van der Waals surface area contributed by atoms with Crippen molar-refractivity contribution in [2.75, 3.05) is 0 Å². The van der Waals surface area contributed by atoms with E-state index in [0.717, 1.165) is 30.3 Å². The average Bonchev–Trinajstić information content (AvgIpc) is 3.17. The van der Waals surface area contributed by atoms with Crippen LogP contribution < -0.4 is 0 Å². The molecule has 0 bridgehead atoms. The van der Waals surface area contributed by atoms with Gasteiger partial charge in [-0.15, -0.1) is 11.7 Å². The number of benzene rings is 1. The lowest BCUT2D eigenvalue weighted by molar-refractivity contribution is 0.433. The number of aromatic nitrogens is 3. The van der Waals surface area contributed by atoms with Crippen LogP contribution in [0.5, 0.6) is 0 Å². The zero-order valence-corrected chi connectivity index (χ0v) is 21.5. The van der Waals surface area contributed by atoms with Crippen molar-refractivity contribution >= 4 is 31.6 Å². The number of hydrogen-bond acceptors (Lipinski definition) is 5. The average molecular weight is 450 g/mol. The lowest BCUT2D eigenvalue weighted by Gasteiger charge is -2.39. The highest BCUT2D eigenvalue weighted by molar-refractivity contribution is 7.66. The Morgan fingerprint density at radius 3 is 2.43 bits per heavy atom. The van der Waals surface area contributed by atoms with Gasteiger partial charge in [0.1, 0.15) is 5.69 Å². The molecule has 2 atom stereocenters. The summed E-state index contributed by atoms with van der Waals surface area (Å²) < 4.78 is 15.3. The highest BCUT2D eigenvalue weighted by Gasteiger charge is 2.69. The van der Waals surface area contributed by atoms with Gasteiger partial charge in [0.25, 0.3) is 0 Å². The van der Waals surface area contributed by atoms with Gasteiger partial charge in [-0.2, -0.15) is 0 Å². The van der Waals surface area contributed by atoms with E-state index >= 15 is 0 Å². The third-order valence-electron chi connectivity index (χ3n) is 5.95. The van der Waals surface area contributed by atoms with E-state index in [0.29, 0.717) is 0 Å². The minimum atomic E-state index is -2.50. The zero-order chi connectivity index (χ0) is 20.6. The molecular weight excluding hydrogens is 419 g/mol. The normalized spacial score (nSPS) is 27.1. The predicted molar refractivity (Wildman–Crippen MR) is 122 cm³/mol. The summed E-state index contributed by atoms with van der Waals surface area (Å²) in [5, 5.41) is 8.54. The minimum absolute atomic E-state index is 0.759. The van der Waals surface area contributed by atoms with Gasteiger partial charge in [-0.1, -0.05) is 41.2 Å². The number of rotatable bonds is 7. The monoisotopic (exact) mass is 449 g/mol. The Labute approximate surface area is 171 Å². The van der Waals surface area contributed by atoms with E-state index in [9.17, 15) is 4.80 Å². The summed E-state index contributed by atoms with van der Waals surface area (Å²) in [7, 11) is -9.26. The van der Waals surface area contributed by atoms with Gasteiger partial charge in [-0.05, 0) is 45.2 Å². The van der Waals surface area contributed by atoms with Gasteiger partial charge in [-0.3, -0.25) is 4.68 Å². The van der Waals surface area contributed by atoms with Crippen molar-refractivity contribution in [2.24, 2.45) is 0 Å². The molecule has 152 valence electrons. The van der Waals surface area contributed by atoms with Crippen LogP contribution in [0.15, 0.2) is 48.8 Å². The smallest absolute Gasteiger partial charge is 0.343 e. The molecule has 28 heavy (non-hydrogen) atoms. The fraction of sp³-hybridized carbons (Fsp3) is 0.444. The van der Waals surface area contributed by atoms with Crippen molar-refractivity contribution in [3.05, 3.63) is 48.8 Å². The molecule has 0 amide bonds. The van der Waals surface area contributed by atoms with Gasteiger partial charge in [0.15, 0.2) is 15.7 Å². The van der Waals surface area contributed by atoms with Gasteiger partial charge in [0.05, 0.1) is 6.20 Å². The SMILES string of the molecule is C=C[Si]1(CCCn2cc(-c3ccccc3)nn2)O[Si](C)(C)[Si](C)([Si](C)(C)O)O1.